The first kappa shape index (κ1) is 25.0. The van der Waals surface area contributed by atoms with Crippen LogP contribution in [0.2, 0.25) is 10.0 Å². The maximum Gasteiger partial charge on any atom is 0.204 e. The number of halogens is 2. The summed E-state index contributed by atoms with van der Waals surface area (Å²) in [5.74, 6) is 1.59. The number of aromatic amines is 1. The molecule has 3 aromatic rings. The highest BCUT2D eigenvalue weighted by atomic mass is 35.5. The lowest BCUT2D eigenvalue weighted by atomic mass is 9.80. The predicted molar refractivity (Wildman–Crippen MR) is 151 cm³/mol. The van der Waals surface area contributed by atoms with Gasteiger partial charge in [0, 0.05) is 38.8 Å². The summed E-state index contributed by atoms with van der Waals surface area (Å²) in [5.41, 5.74) is 4.16. The summed E-state index contributed by atoms with van der Waals surface area (Å²) in [6.45, 7) is 6.68. The molecule has 1 aliphatic heterocycles. The highest BCUT2D eigenvalue weighted by molar-refractivity contribution is 6.42. The molecule has 194 valence electrons. The first-order valence-corrected chi connectivity index (χ1v) is 14.2. The average Bonchev–Trinajstić information content (AvgIpc) is 3.53. The number of rotatable bonds is 7. The third-order valence-corrected chi connectivity index (χ3v) is 9.69. The monoisotopic (exact) mass is 536 g/mol. The molecule has 2 aromatic carbocycles. The molecular formula is C29H34Cl2N6. The van der Waals surface area contributed by atoms with Crippen molar-refractivity contribution in [1.29, 1.82) is 5.26 Å². The van der Waals surface area contributed by atoms with Gasteiger partial charge in [0.05, 0.1) is 32.7 Å². The van der Waals surface area contributed by atoms with Gasteiger partial charge in [0.2, 0.25) is 5.95 Å². The lowest BCUT2D eigenvalue weighted by molar-refractivity contribution is 0.153. The van der Waals surface area contributed by atoms with Crippen LogP contribution in [0.5, 0.6) is 0 Å². The molecular weight excluding hydrogens is 503 g/mol. The minimum Gasteiger partial charge on any atom is -0.339 e. The molecule has 1 unspecified atom stereocenters. The van der Waals surface area contributed by atoms with E-state index in [4.69, 9.17) is 28.2 Å². The van der Waals surface area contributed by atoms with Crippen LogP contribution in [0.25, 0.3) is 11.0 Å². The van der Waals surface area contributed by atoms with Crippen molar-refractivity contribution in [3.05, 3.63) is 57.6 Å². The maximum absolute atomic E-state index is 9.39. The Hall–Kier alpha value is -2.30. The summed E-state index contributed by atoms with van der Waals surface area (Å²) >= 11 is 12.6. The zero-order chi connectivity index (χ0) is 25.6. The van der Waals surface area contributed by atoms with Crippen LogP contribution in [0.4, 0.5) is 5.95 Å². The fraction of sp³-hybridized carbons (Fsp3) is 0.517. The molecule has 1 aromatic heterocycles. The lowest BCUT2D eigenvalue weighted by Gasteiger charge is -2.38. The van der Waals surface area contributed by atoms with Gasteiger partial charge in [0.25, 0.3) is 0 Å². The summed E-state index contributed by atoms with van der Waals surface area (Å²) in [6.07, 6.45) is 5.77. The van der Waals surface area contributed by atoms with Crippen LogP contribution in [0, 0.1) is 17.2 Å². The Morgan fingerprint density at radius 1 is 1.16 bits per heavy atom. The molecule has 0 amide bonds. The number of hydrogen-bond acceptors (Lipinski definition) is 5. The number of imidazole rings is 1. The number of aromatic nitrogens is 2. The first-order chi connectivity index (χ1) is 17.9. The molecule has 3 atom stereocenters. The third kappa shape index (κ3) is 4.95. The molecule has 1 N–H and O–H groups in total. The zero-order valence-electron chi connectivity index (χ0n) is 21.4. The Balaban J connectivity index is 1.20. The highest BCUT2D eigenvalue weighted by Crippen LogP contribution is 2.63. The van der Waals surface area contributed by atoms with Crippen LogP contribution in [0.3, 0.4) is 0 Å². The van der Waals surface area contributed by atoms with Gasteiger partial charge in [-0.15, -0.1) is 0 Å². The minimum atomic E-state index is 0.254. The average molecular weight is 538 g/mol. The van der Waals surface area contributed by atoms with Crippen LogP contribution in [0.15, 0.2) is 36.4 Å². The largest absolute Gasteiger partial charge is 0.339 e. The van der Waals surface area contributed by atoms with E-state index in [9.17, 15) is 5.26 Å². The van der Waals surface area contributed by atoms with Crippen molar-refractivity contribution in [2.75, 3.05) is 51.2 Å². The molecule has 0 spiro atoms. The summed E-state index contributed by atoms with van der Waals surface area (Å²) in [5, 5.41) is 10.5. The van der Waals surface area contributed by atoms with Gasteiger partial charge in [-0.25, -0.2) is 4.98 Å². The molecule has 3 aliphatic rings. The molecule has 6 nitrogen and oxygen atoms in total. The van der Waals surface area contributed by atoms with Crippen LogP contribution < -0.4 is 4.90 Å². The number of anilines is 1. The summed E-state index contributed by atoms with van der Waals surface area (Å²) in [7, 11) is 2.21. The van der Waals surface area contributed by atoms with Crippen molar-refractivity contribution in [3.63, 3.8) is 0 Å². The van der Waals surface area contributed by atoms with Crippen molar-refractivity contribution in [2.24, 2.45) is 5.92 Å². The molecule has 2 saturated carbocycles. The number of fused-ring (bicyclic) bond motifs is 2. The number of nitrogens with zero attached hydrogens (tertiary/aromatic N) is 5. The number of benzene rings is 2. The van der Waals surface area contributed by atoms with Crippen LogP contribution in [-0.4, -0.2) is 72.1 Å². The molecule has 8 heteroatoms. The molecule has 1 saturated heterocycles. The Bertz CT molecular complexity index is 1280. The molecule has 2 heterocycles. The quantitative estimate of drug-likeness (QED) is 0.419. The molecule has 6 rings (SSSR count). The number of nitriles is 1. The summed E-state index contributed by atoms with van der Waals surface area (Å²) in [6, 6.07) is 14.8. The van der Waals surface area contributed by atoms with E-state index in [1.54, 1.807) is 0 Å². The van der Waals surface area contributed by atoms with E-state index in [0.717, 1.165) is 87.5 Å². The molecule has 0 radical (unpaired) electrons. The highest BCUT2D eigenvalue weighted by Gasteiger charge is 2.58. The standard InChI is InChI=1S/C29H34Cl2N6/c1-35-10-12-36(13-11-35)8-3-9-37(28-33-26-16-24(30)25(31)17-27(26)34-28)23-6-7-29(18-22(29)15-23)21-5-2-4-20(14-21)19-32/h2,4-5,14,16-17,22-23H,3,6-13,15,18H2,1H3,(H,33,34)/t22?,23-,29-/m1/s1. The molecule has 3 fully saturated rings. The van der Waals surface area contributed by atoms with Crippen molar-refractivity contribution < 1.29 is 0 Å². The fourth-order valence-electron chi connectivity index (χ4n) is 6.67. The Kier molecular flexibility index (Phi) is 6.83. The Labute approximate surface area is 229 Å². The zero-order valence-corrected chi connectivity index (χ0v) is 22.9. The normalized spacial score (nSPS) is 26.1. The van der Waals surface area contributed by atoms with Crippen molar-refractivity contribution in [3.8, 4) is 6.07 Å². The number of hydrogen-bond donors (Lipinski definition) is 1. The van der Waals surface area contributed by atoms with Crippen molar-refractivity contribution in [1.82, 2.24) is 19.8 Å². The van der Waals surface area contributed by atoms with Crippen LogP contribution in [-0.2, 0) is 5.41 Å². The second-order valence-electron chi connectivity index (χ2n) is 11.2. The number of likely N-dealkylation sites (N-methyl/N-ethyl adjacent to an activating group) is 1. The smallest absolute Gasteiger partial charge is 0.204 e. The van der Waals surface area contributed by atoms with Crippen molar-refractivity contribution >= 4 is 40.2 Å². The number of nitrogens with one attached hydrogen (secondary N) is 1. The maximum atomic E-state index is 9.39. The van der Waals surface area contributed by atoms with Gasteiger partial charge in [-0.1, -0.05) is 35.3 Å². The first-order valence-electron chi connectivity index (χ1n) is 13.5. The van der Waals surface area contributed by atoms with E-state index in [0.29, 0.717) is 22.0 Å². The fourth-order valence-corrected chi connectivity index (χ4v) is 6.99. The van der Waals surface area contributed by atoms with Gasteiger partial charge in [-0.3, -0.25) is 0 Å². The van der Waals surface area contributed by atoms with E-state index in [1.165, 1.54) is 12.0 Å². The van der Waals surface area contributed by atoms with E-state index in [1.807, 2.05) is 24.3 Å². The second kappa shape index (κ2) is 10.1. The van der Waals surface area contributed by atoms with E-state index < -0.39 is 0 Å². The summed E-state index contributed by atoms with van der Waals surface area (Å²) in [4.78, 5) is 16.0. The van der Waals surface area contributed by atoms with Gasteiger partial charge in [0.1, 0.15) is 0 Å². The number of piperazine rings is 1. The molecule has 2 aliphatic carbocycles. The van der Waals surface area contributed by atoms with Gasteiger partial charge >= 0.3 is 0 Å². The minimum absolute atomic E-state index is 0.254. The predicted octanol–water partition coefficient (Wildman–Crippen LogP) is 5.70. The Morgan fingerprint density at radius 3 is 2.76 bits per heavy atom. The van der Waals surface area contributed by atoms with Gasteiger partial charge in [0.15, 0.2) is 0 Å². The van der Waals surface area contributed by atoms with E-state index in [-0.39, 0.29) is 5.41 Å². The van der Waals surface area contributed by atoms with Crippen LogP contribution in [0.1, 0.15) is 43.2 Å². The molecule has 0 bridgehead atoms. The lowest BCUT2D eigenvalue weighted by Crippen LogP contribution is -2.46. The second-order valence-corrected chi connectivity index (χ2v) is 12.0. The van der Waals surface area contributed by atoms with Gasteiger partial charge < -0.3 is 19.7 Å². The van der Waals surface area contributed by atoms with E-state index in [2.05, 4.69) is 44.9 Å². The number of H-pyrrole nitrogens is 1. The van der Waals surface area contributed by atoms with Gasteiger partial charge in [-0.05, 0) is 86.9 Å². The third-order valence-electron chi connectivity index (χ3n) is 8.97. The Morgan fingerprint density at radius 2 is 1.97 bits per heavy atom. The topological polar surface area (TPSA) is 62.2 Å². The van der Waals surface area contributed by atoms with E-state index >= 15 is 0 Å². The van der Waals surface area contributed by atoms with Crippen molar-refractivity contribution in [2.45, 2.75) is 43.6 Å². The van der Waals surface area contributed by atoms with Gasteiger partial charge in [-0.2, -0.15) is 5.26 Å². The summed E-state index contributed by atoms with van der Waals surface area (Å²) < 4.78 is 0. The van der Waals surface area contributed by atoms with Crippen LogP contribution >= 0.6 is 23.2 Å². The molecule has 37 heavy (non-hydrogen) atoms. The SMILES string of the molecule is CN1CCN(CCCN(c2nc3cc(Cl)c(Cl)cc3[nH]2)[C@@H]2CC[C@]3(c4cccc(C#N)c4)CC3C2)CC1.